The maximum atomic E-state index is 10.5. The van der Waals surface area contributed by atoms with Crippen LogP contribution in [0.5, 0.6) is 0 Å². The Morgan fingerprint density at radius 2 is 1.14 bits per heavy atom. The standard InChI is InChI=1S/C27H36O2/c1-22(2)12-9-15-24(4)17-11-19-25(5)18-10-16-23(3)13-7-8-14-26(6)20-21-27(28)29/h7-8,10-14,16-21H,9,15H2,1-6H3,(H,28,29)/b8-7+,16-10+,19-11+,21-20+,23-13+,24-17+,25-18+,26-14+. The van der Waals surface area contributed by atoms with Gasteiger partial charge in [0.25, 0.3) is 0 Å². The van der Waals surface area contributed by atoms with Crippen LogP contribution in [-0.4, -0.2) is 11.1 Å². The molecule has 0 saturated heterocycles. The number of rotatable bonds is 11. The quantitative estimate of drug-likeness (QED) is 0.221. The highest BCUT2D eigenvalue weighted by atomic mass is 16.4. The van der Waals surface area contributed by atoms with Crippen LogP contribution in [0.4, 0.5) is 0 Å². The third kappa shape index (κ3) is 18.3. The predicted octanol–water partition coefficient (Wildman–Crippen LogP) is 7.83. The van der Waals surface area contributed by atoms with Gasteiger partial charge in [-0.3, -0.25) is 0 Å². The van der Waals surface area contributed by atoms with Gasteiger partial charge >= 0.3 is 5.97 Å². The third-order valence-electron chi connectivity index (χ3n) is 3.87. The van der Waals surface area contributed by atoms with Crippen LogP contribution in [-0.2, 0) is 4.79 Å². The Bertz CT molecular complexity index is 784. The van der Waals surface area contributed by atoms with Gasteiger partial charge in [-0.05, 0) is 54.4 Å². The third-order valence-corrected chi connectivity index (χ3v) is 3.87. The molecule has 0 aromatic heterocycles. The van der Waals surface area contributed by atoms with Gasteiger partial charge in [0.15, 0.2) is 0 Å². The first-order valence-electron chi connectivity index (χ1n) is 9.95. The summed E-state index contributed by atoms with van der Waals surface area (Å²) in [5, 5.41) is 8.59. The van der Waals surface area contributed by atoms with E-state index in [0.717, 1.165) is 30.1 Å². The maximum absolute atomic E-state index is 10.5. The zero-order valence-corrected chi connectivity index (χ0v) is 18.8. The van der Waals surface area contributed by atoms with E-state index in [0.29, 0.717) is 0 Å². The Kier molecular flexibility index (Phi) is 14.5. The number of carboxylic acid groups (broad SMARTS) is 1. The van der Waals surface area contributed by atoms with Crippen molar-refractivity contribution in [2.75, 3.05) is 0 Å². The maximum Gasteiger partial charge on any atom is 0.328 e. The van der Waals surface area contributed by atoms with Crippen LogP contribution in [0.1, 0.15) is 54.4 Å². The van der Waals surface area contributed by atoms with Crippen LogP contribution < -0.4 is 0 Å². The molecule has 0 rings (SSSR count). The molecule has 0 radical (unpaired) electrons. The van der Waals surface area contributed by atoms with Crippen LogP contribution in [0, 0.1) is 0 Å². The van der Waals surface area contributed by atoms with Crippen molar-refractivity contribution in [1.29, 1.82) is 0 Å². The summed E-state index contributed by atoms with van der Waals surface area (Å²) in [5.41, 5.74) is 5.98. The molecule has 0 heterocycles. The molecule has 156 valence electrons. The molecular weight excluding hydrogens is 356 g/mol. The number of hydrogen-bond donors (Lipinski definition) is 1. The van der Waals surface area contributed by atoms with Crippen molar-refractivity contribution in [3.63, 3.8) is 0 Å². The minimum atomic E-state index is -0.938. The van der Waals surface area contributed by atoms with Crippen LogP contribution in [0.3, 0.4) is 0 Å². The minimum absolute atomic E-state index is 0.886. The molecule has 0 aromatic rings. The molecule has 0 amide bonds. The summed E-state index contributed by atoms with van der Waals surface area (Å²) in [7, 11) is 0. The van der Waals surface area contributed by atoms with Crippen LogP contribution in [0.25, 0.3) is 0 Å². The fourth-order valence-corrected chi connectivity index (χ4v) is 2.17. The van der Waals surface area contributed by atoms with Gasteiger partial charge in [-0.2, -0.15) is 0 Å². The highest BCUT2D eigenvalue weighted by molar-refractivity contribution is 5.80. The van der Waals surface area contributed by atoms with E-state index in [2.05, 4.69) is 64.2 Å². The van der Waals surface area contributed by atoms with E-state index in [-0.39, 0.29) is 0 Å². The summed E-state index contributed by atoms with van der Waals surface area (Å²) in [6.07, 6.45) is 27.5. The van der Waals surface area contributed by atoms with Gasteiger partial charge in [-0.1, -0.05) is 101 Å². The van der Waals surface area contributed by atoms with Crippen molar-refractivity contribution in [2.24, 2.45) is 0 Å². The Hall–Kier alpha value is -2.87. The summed E-state index contributed by atoms with van der Waals surface area (Å²) in [6, 6.07) is 0. The monoisotopic (exact) mass is 392 g/mol. The molecule has 29 heavy (non-hydrogen) atoms. The van der Waals surface area contributed by atoms with E-state index < -0.39 is 5.97 Å². The molecule has 0 aliphatic rings. The lowest BCUT2D eigenvalue weighted by atomic mass is 10.1. The molecule has 0 bridgehead atoms. The average molecular weight is 393 g/mol. The number of allylic oxidation sites excluding steroid dienone is 17. The molecule has 0 saturated carbocycles. The smallest absolute Gasteiger partial charge is 0.328 e. The topological polar surface area (TPSA) is 37.3 Å². The van der Waals surface area contributed by atoms with Gasteiger partial charge < -0.3 is 5.11 Å². The van der Waals surface area contributed by atoms with E-state index in [9.17, 15) is 4.79 Å². The second-order valence-corrected chi connectivity index (χ2v) is 7.34. The lowest BCUT2D eigenvalue weighted by Gasteiger charge is -1.96. The zero-order valence-electron chi connectivity index (χ0n) is 18.8. The molecule has 0 spiro atoms. The summed E-state index contributed by atoms with van der Waals surface area (Å²) in [6.45, 7) is 12.4. The summed E-state index contributed by atoms with van der Waals surface area (Å²) in [4.78, 5) is 10.5. The van der Waals surface area contributed by atoms with Crippen molar-refractivity contribution >= 4 is 5.97 Å². The Morgan fingerprint density at radius 3 is 1.66 bits per heavy atom. The van der Waals surface area contributed by atoms with Gasteiger partial charge in [0, 0.05) is 6.08 Å². The molecule has 0 aliphatic carbocycles. The zero-order chi connectivity index (χ0) is 22.1. The van der Waals surface area contributed by atoms with Gasteiger partial charge in [0.1, 0.15) is 0 Å². The van der Waals surface area contributed by atoms with Crippen molar-refractivity contribution in [2.45, 2.75) is 54.4 Å². The van der Waals surface area contributed by atoms with Crippen LogP contribution in [0.15, 0.2) is 107 Å². The molecule has 2 nitrogen and oxygen atoms in total. The highest BCUT2D eigenvalue weighted by Crippen LogP contribution is 2.07. The average Bonchev–Trinajstić information content (AvgIpc) is 2.63. The van der Waals surface area contributed by atoms with E-state index in [4.69, 9.17) is 5.11 Å². The molecule has 0 aliphatic heterocycles. The van der Waals surface area contributed by atoms with Crippen molar-refractivity contribution in [1.82, 2.24) is 0 Å². The lowest BCUT2D eigenvalue weighted by Crippen LogP contribution is -1.85. The van der Waals surface area contributed by atoms with Crippen LogP contribution >= 0.6 is 0 Å². The molecule has 0 unspecified atom stereocenters. The van der Waals surface area contributed by atoms with E-state index in [1.54, 1.807) is 6.08 Å². The summed E-state index contributed by atoms with van der Waals surface area (Å²) in [5.74, 6) is -0.938. The van der Waals surface area contributed by atoms with Crippen molar-refractivity contribution in [3.8, 4) is 0 Å². The van der Waals surface area contributed by atoms with Crippen molar-refractivity contribution in [3.05, 3.63) is 107 Å². The first-order valence-corrected chi connectivity index (χ1v) is 9.95. The molecule has 2 heteroatoms. The predicted molar refractivity (Wildman–Crippen MR) is 128 cm³/mol. The van der Waals surface area contributed by atoms with Gasteiger partial charge in [-0.25, -0.2) is 4.79 Å². The molecular formula is C27H36O2. The SMILES string of the molecule is CC(C)=CCC/C(C)=C/C=C/C(C)=C/C=C/C(C)=C/C=C/C=C(C)/C=C/C(=O)O. The highest BCUT2D eigenvalue weighted by Gasteiger charge is 1.87. The largest absolute Gasteiger partial charge is 0.478 e. The first-order chi connectivity index (χ1) is 13.7. The Labute approximate surface area is 177 Å². The van der Waals surface area contributed by atoms with Gasteiger partial charge in [0.05, 0.1) is 0 Å². The lowest BCUT2D eigenvalue weighted by molar-refractivity contribution is -0.131. The fourth-order valence-electron chi connectivity index (χ4n) is 2.17. The molecule has 0 aromatic carbocycles. The normalized spacial score (nSPS) is 14.7. The Balaban J connectivity index is 4.58. The number of aliphatic carboxylic acids is 1. The number of carboxylic acids is 1. The molecule has 0 fully saturated rings. The van der Waals surface area contributed by atoms with Gasteiger partial charge in [0.2, 0.25) is 0 Å². The number of hydrogen-bond acceptors (Lipinski definition) is 1. The second kappa shape index (κ2) is 16.1. The van der Waals surface area contributed by atoms with E-state index in [1.165, 1.54) is 16.7 Å². The molecule has 1 N–H and O–H groups in total. The summed E-state index contributed by atoms with van der Waals surface area (Å²) >= 11 is 0. The van der Waals surface area contributed by atoms with Gasteiger partial charge in [-0.15, -0.1) is 0 Å². The first kappa shape index (κ1) is 26.1. The summed E-state index contributed by atoms with van der Waals surface area (Å²) < 4.78 is 0. The van der Waals surface area contributed by atoms with E-state index >= 15 is 0 Å². The van der Waals surface area contributed by atoms with Crippen molar-refractivity contribution < 1.29 is 9.90 Å². The second-order valence-electron chi connectivity index (χ2n) is 7.34. The van der Waals surface area contributed by atoms with E-state index in [1.807, 2.05) is 44.2 Å². The Morgan fingerprint density at radius 1 is 0.655 bits per heavy atom. The fraction of sp³-hybridized carbons (Fsp3) is 0.296. The van der Waals surface area contributed by atoms with Crippen LogP contribution in [0.2, 0.25) is 0 Å². The number of carbonyl (C=O) groups is 1. The molecule has 0 atom stereocenters. The minimum Gasteiger partial charge on any atom is -0.478 e.